The lowest BCUT2D eigenvalue weighted by molar-refractivity contribution is 0.0697. The Balaban J connectivity index is 2.09. The van der Waals surface area contributed by atoms with E-state index in [2.05, 4.69) is 5.32 Å². The Hall–Kier alpha value is -2.34. The number of para-hydroxylation sites is 1. The number of aryl methyl sites for hydroxylation is 1. The minimum atomic E-state index is -1.06. The van der Waals surface area contributed by atoms with E-state index in [4.69, 9.17) is 5.11 Å². The first kappa shape index (κ1) is 15.1. The molecule has 2 aromatic rings. The molecule has 1 heterocycles. The van der Waals surface area contributed by atoms with E-state index in [9.17, 15) is 9.59 Å². The fourth-order valence-electron chi connectivity index (χ4n) is 1.91. The lowest BCUT2D eigenvalue weighted by atomic mass is 10.1. The number of thiophene rings is 1. The molecule has 2 rings (SSSR count). The Morgan fingerprint density at radius 2 is 2.00 bits per heavy atom. The number of nitrogens with zero attached hydrogens (tertiary/aromatic N) is 1. The molecule has 2 amide bonds. The molecule has 0 bridgehead atoms. The molecule has 1 aromatic carbocycles. The molecule has 0 saturated carbocycles. The summed E-state index contributed by atoms with van der Waals surface area (Å²) in [4.78, 5) is 24.6. The monoisotopic (exact) mass is 304 g/mol. The van der Waals surface area contributed by atoms with Crippen LogP contribution >= 0.6 is 11.3 Å². The topological polar surface area (TPSA) is 69.6 Å². The standard InChI is InChI=1S/C15H16N2O3S/c1-10-8-21-9-11(10)7-16-15(20)17(2)13-6-4-3-5-12(13)14(18)19/h3-6,8-9H,7H2,1-2H3,(H,16,20)(H,18,19). The van der Waals surface area contributed by atoms with Crippen molar-refractivity contribution in [1.82, 2.24) is 5.32 Å². The third-order valence-electron chi connectivity index (χ3n) is 3.19. The fraction of sp³-hybridized carbons (Fsp3) is 0.200. The number of anilines is 1. The van der Waals surface area contributed by atoms with Crippen LogP contribution in [0.25, 0.3) is 0 Å². The highest BCUT2D eigenvalue weighted by Gasteiger charge is 2.17. The molecule has 0 aliphatic carbocycles. The Labute approximate surface area is 126 Å². The summed E-state index contributed by atoms with van der Waals surface area (Å²) >= 11 is 1.59. The second kappa shape index (κ2) is 6.41. The molecule has 0 aliphatic heterocycles. The maximum atomic E-state index is 12.2. The molecule has 0 spiro atoms. The number of carboxylic acid groups (broad SMARTS) is 1. The second-order valence-electron chi connectivity index (χ2n) is 4.62. The molecule has 0 saturated heterocycles. The van der Waals surface area contributed by atoms with Gasteiger partial charge in [0.25, 0.3) is 0 Å². The average molecular weight is 304 g/mol. The molecule has 2 N–H and O–H groups in total. The van der Waals surface area contributed by atoms with Crippen molar-refractivity contribution >= 4 is 29.0 Å². The summed E-state index contributed by atoms with van der Waals surface area (Å²) in [6.07, 6.45) is 0. The van der Waals surface area contributed by atoms with Crippen LogP contribution in [0.3, 0.4) is 0 Å². The number of hydrogen-bond donors (Lipinski definition) is 2. The summed E-state index contributed by atoms with van der Waals surface area (Å²) in [5.41, 5.74) is 2.66. The zero-order valence-electron chi connectivity index (χ0n) is 11.8. The first-order chi connectivity index (χ1) is 10.0. The minimum Gasteiger partial charge on any atom is -0.478 e. The number of hydrogen-bond acceptors (Lipinski definition) is 3. The molecule has 0 fully saturated rings. The number of urea groups is 1. The molecule has 110 valence electrons. The van der Waals surface area contributed by atoms with E-state index in [1.54, 1.807) is 36.6 Å². The molecule has 0 atom stereocenters. The third-order valence-corrected chi connectivity index (χ3v) is 4.10. The lowest BCUT2D eigenvalue weighted by Gasteiger charge is -2.19. The van der Waals surface area contributed by atoms with Crippen LogP contribution in [0.4, 0.5) is 10.5 Å². The summed E-state index contributed by atoms with van der Waals surface area (Å²) in [7, 11) is 1.55. The number of aromatic carboxylic acids is 1. The van der Waals surface area contributed by atoms with Crippen molar-refractivity contribution in [3.8, 4) is 0 Å². The zero-order chi connectivity index (χ0) is 15.4. The Bertz CT molecular complexity index is 666. The molecule has 0 aliphatic rings. The van der Waals surface area contributed by atoms with Crippen molar-refractivity contribution in [3.63, 3.8) is 0 Å². The van der Waals surface area contributed by atoms with Crippen molar-refractivity contribution in [2.75, 3.05) is 11.9 Å². The molecule has 21 heavy (non-hydrogen) atoms. The van der Waals surface area contributed by atoms with Crippen molar-refractivity contribution in [1.29, 1.82) is 0 Å². The van der Waals surface area contributed by atoms with Crippen LogP contribution in [0.5, 0.6) is 0 Å². The molecule has 0 unspecified atom stereocenters. The van der Waals surface area contributed by atoms with Crippen LogP contribution in [0.1, 0.15) is 21.5 Å². The van der Waals surface area contributed by atoms with Gasteiger partial charge in [0.1, 0.15) is 0 Å². The van der Waals surface area contributed by atoms with Gasteiger partial charge in [-0.05, 0) is 40.9 Å². The van der Waals surface area contributed by atoms with Crippen molar-refractivity contribution in [2.45, 2.75) is 13.5 Å². The predicted octanol–water partition coefficient (Wildman–Crippen LogP) is 3.10. The van der Waals surface area contributed by atoms with Crippen molar-refractivity contribution in [3.05, 3.63) is 51.7 Å². The number of carboxylic acids is 1. The fourth-order valence-corrected chi connectivity index (χ4v) is 2.77. The number of rotatable bonds is 4. The van der Waals surface area contributed by atoms with Gasteiger partial charge in [-0.2, -0.15) is 11.3 Å². The minimum absolute atomic E-state index is 0.0989. The quantitative estimate of drug-likeness (QED) is 0.912. The van der Waals surface area contributed by atoms with Crippen LogP contribution in [0.2, 0.25) is 0 Å². The Morgan fingerprint density at radius 1 is 1.29 bits per heavy atom. The highest BCUT2D eigenvalue weighted by atomic mass is 32.1. The average Bonchev–Trinajstić information content (AvgIpc) is 2.89. The summed E-state index contributed by atoms with van der Waals surface area (Å²) in [6.45, 7) is 2.41. The number of carbonyl (C=O) groups excluding carboxylic acids is 1. The van der Waals surface area contributed by atoms with Gasteiger partial charge in [0, 0.05) is 13.6 Å². The van der Waals surface area contributed by atoms with E-state index in [0.717, 1.165) is 11.1 Å². The van der Waals surface area contributed by atoms with Gasteiger partial charge in [0.2, 0.25) is 0 Å². The number of nitrogens with one attached hydrogen (secondary N) is 1. The van der Waals surface area contributed by atoms with E-state index in [1.807, 2.05) is 17.7 Å². The number of amides is 2. The van der Waals surface area contributed by atoms with E-state index in [1.165, 1.54) is 11.0 Å². The van der Waals surface area contributed by atoms with Crippen molar-refractivity contribution < 1.29 is 14.7 Å². The molecular weight excluding hydrogens is 288 g/mol. The van der Waals surface area contributed by atoms with Gasteiger partial charge in [-0.3, -0.25) is 4.90 Å². The maximum Gasteiger partial charge on any atom is 0.337 e. The summed E-state index contributed by atoms with van der Waals surface area (Å²) in [5.74, 6) is -1.06. The molecule has 6 heteroatoms. The molecule has 5 nitrogen and oxygen atoms in total. The van der Waals surface area contributed by atoms with Crippen LogP contribution in [-0.2, 0) is 6.54 Å². The number of carbonyl (C=O) groups is 2. The van der Waals surface area contributed by atoms with E-state index >= 15 is 0 Å². The Morgan fingerprint density at radius 3 is 2.62 bits per heavy atom. The SMILES string of the molecule is Cc1cscc1CNC(=O)N(C)c1ccccc1C(=O)O. The van der Waals surface area contributed by atoms with Gasteiger partial charge < -0.3 is 10.4 Å². The second-order valence-corrected chi connectivity index (χ2v) is 5.36. The van der Waals surface area contributed by atoms with E-state index in [0.29, 0.717) is 12.2 Å². The summed E-state index contributed by atoms with van der Waals surface area (Å²) in [5, 5.41) is 16.0. The van der Waals surface area contributed by atoms with Gasteiger partial charge in [0.05, 0.1) is 11.3 Å². The Kier molecular flexibility index (Phi) is 4.59. The normalized spacial score (nSPS) is 10.2. The van der Waals surface area contributed by atoms with Gasteiger partial charge in [-0.15, -0.1) is 0 Å². The molecule has 1 aromatic heterocycles. The van der Waals surface area contributed by atoms with Crippen LogP contribution < -0.4 is 10.2 Å². The first-order valence-corrected chi connectivity index (χ1v) is 7.30. The van der Waals surface area contributed by atoms with Crippen LogP contribution in [0.15, 0.2) is 35.0 Å². The van der Waals surface area contributed by atoms with Gasteiger partial charge in [0.15, 0.2) is 0 Å². The van der Waals surface area contributed by atoms with E-state index in [-0.39, 0.29) is 11.6 Å². The van der Waals surface area contributed by atoms with Crippen LogP contribution in [-0.4, -0.2) is 24.2 Å². The summed E-state index contributed by atoms with van der Waals surface area (Å²) in [6, 6.07) is 6.08. The highest BCUT2D eigenvalue weighted by molar-refractivity contribution is 7.08. The van der Waals surface area contributed by atoms with Crippen LogP contribution in [0, 0.1) is 6.92 Å². The number of benzene rings is 1. The van der Waals surface area contributed by atoms with Crippen molar-refractivity contribution in [2.24, 2.45) is 0 Å². The largest absolute Gasteiger partial charge is 0.478 e. The smallest absolute Gasteiger partial charge is 0.337 e. The molecule has 0 radical (unpaired) electrons. The predicted molar refractivity (Wildman–Crippen MR) is 83.1 cm³/mol. The zero-order valence-corrected chi connectivity index (χ0v) is 12.6. The van der Waals surface area contributed by atoms with Gasteiger partial charge >= 0.3 is 12.0 Å². The van der Waals surface area contributed by atoms with Gasteiger partial charge in [-0.1, -0.05) is 12.1 Å². The third kappa shape index (κ3) is 3.41. The highest BCUT2D eigenvalue weighted by Crippen LogP contribution is 2.19. The van der Waals surface area contributed by atoms with Gasteiger partial charge in [-0.25, -0.2) is 9.59 Å². The summed E-state index contributed by atoms with van der Waals surface area (Å²) < 4.78 is 0. The maximum absolute atomic E-state index is 12.2. The van der Waals surface area contributed by atoms with E-state index < -0.39 is 5.97 Å². The lowest BCUT2D eigenvalue weighted by Crippen LogP contribution is -2.37. The first-order valence-electron chi connectivity index (χ1n) is 6.36. The molecular formula is C15H16N2O3S.